The third-order valence-corrected chi connectivity index (χ3v) is 5.16. The van der Waals surface area contributed by atoms with Crippen LogP contribution in [0, 0.1) is 0 Å². The van der Waals surface area contributed by atoms with Gasteiger partial charge in [0.05, 0.1) is 19.9 Å². The number of thioether (sulfide) groups is 1. The van der Waals surface area contributed by atoms with Crippen molar-refractivity contribution in [2.45, 2.75) is 17.7 Å². The number of anilines is 1. The fraction of sp³-hybridized carbons (Fsp3) is 0.381. The number of carbonyl (C=O) groups excluding carboxylic acids is 1. The molecule has 0 radical (unpaired) electrons. The molecule has 5 nitrogen and oxygen atoms in total. The monoisotopic (exact) mass is 388 g/mol. The van der Waals surface area contributed by atoms with Crippen molar-refractivity contribution in [1.82, 2.24) is 5.32 Å². The van der Waals surface area contributed by atoms with Crippen LogP contribution < -0.4 is 19.7 Å². The van der Waals surface area contributed by atoms with E-state index in [-0.39, 0.29) is 5.91 Å². The van der Waals surface area contributed by atoms with E-state index >= 15 is 0 Å². The molecule has 1 N–H and O–H groups in total. The first-order valence-electron chi connectivity index (χ1n) is 8.92. The van der Waals surface area contributed by atoms with Crippen LogP contribution in [0.15, 0.2) is 47.4 Å². The fourth-order valence-electron chi connectivity index (χ4n) is 2.80. The summed E-state index contributed by atoms with van der Waals surface area (Å²) >= 11 is 1.65. The summed E-state index contributed by atoms with van der Waals surface area (Å²) in [7, 11) is 5.10. The summed E-state index contributed by atoms with van der Waals surface area (Å²) in [6.07, 6.45) is 3.34. The summed E-state index contributed by atoms with van der Waals surface area (Å²) in [6.45, 7) is 1.45. The number of methoxy groups -OCH3 is 2. The van der Waals surface area contributed by atoms with Gasteiger partial charge in [0.15, 0.2) is 11.5 Å². The number of amides is 1. The van der Waals surface area contributed by atoms with Crippen molar-refractivity contribution in [3.63, 3.8) is 0 Å². The molecule has 0 aliphatic carbocycles. The summed E-state index contributed by atoms with van der Waals surface area (Å²) < 4.78 is 10.6. The van der Waals surface area contributed by atoms with Crippen molar-refractivity contribution in [2.24, 2.45) is 0 Å². The molecule has 0 bridgehead atoms. The maximum atomic E-state index is 12.4. The third-order valence-electron chi connectivity index (χ3n) is 4.37. The zero-order valence-corrected chi connectivity index (χ0v) is 17.3. The molecule has 0 unspecified atom stereocenters. The van der Waals surface area contributed by atoms with Gasteiger partial charge >= 0.3 is 0 Å². The van der Waals surface area contributed by atoms with Crippen LogP contribution in [0.5, 0.6) is 11.5 Å². The molecule has 0 saturated heterocycles. The highest BCUT2D eigenvalue weighted by molar-refractivity contribution is 7.98. The van der Waals surface area contributed by atoms with E-state index in [2.05, 4.69) is 5.32 Å². The summed E-state index contributed by atoms with van der Waals surface area (Å²) in [6, 6.07) is 13.9. The second-order valence-corrected chi connectivity index (χ2v) is 6.91. The lowest BCUT2D eigenvalue weighted by Crippen LogP contribution is -2.30. The van der Waals surface area contributed by atoms with Gasteiger partial charge in [-0.1, -0.05) is 18.2 Å². The fourth-order valence-corrected chi connectivity index (χ4v) is 3.43. The Balaban J connectivity index is 1.77. The highest BCUT2D eigenvalue weighted by Gasteiger charge is 2.13. The first kappa shape index (κ1) is 21.1. The van der Waals surface area contributed by atoms with Crippen molar-refractivity contribution in [2.75, 3.05) is 45.5 Å². The van der Waals surface area contributed by atoms with Crippen molar-refractivity contribution in [3.8, 4) is 11.5 Å². The van der Waals surface area contributed by atoms with Gasteiger partial charge < -0.3 is 19.7 Å². The maximum Gasteiger partial charge on any atom is 0.228 e. The highest BCUT2D eigenvalue weighted by atomic mass is 32.2. The van der Waals surface area contributed by atoms with Crippen LogP contribution in [-0.4, -0.2) is 46.5 Å². The minimum atomic E-state index is 0.107. The number of nitrogens with zero attached hydrogens (tertiary/aromatic N) is 1. The lowest BCUT2D eigenvalue weighted by atomic mass is 10.1. The van der Waals surface area contributed by atoms with Gasteiger partial charge in [0, 0.05) is 24.9 Å². The van der Waals surface area contributed by atoms with Crippen LogP contribution in [0.3, 0.4) is 0 Å². The Hall–Kier alpha value is -2.18. The molecule has 1 amide bonds. The van der Waals surface area contributed by atoms with Crippen LogP contribution in [0.1, 0.15) is 12.0 Å². The van der Waals surface area contributed by atoms with E-state index in [1.165, 1.54) is 0 Å². The molecular weight excluding hydrogens is 360 g/mol. The van der Waals surface area contributed by atoms with Crippen LogP contribution in [0.4, 0.5) is 5.69 Å². The Labute approximate surface area is 166 Å². The van der Waals surface area contributed by atoms with Gasteiger partial charge in [0.1, 0.15) is 0 Å². The SMILES string of the molecule is COc1ccc(CCNCCC(=O)N(C)c2ccccc2SC)cc1OC. The number of carbonyl (C=O) groups is 1. The van der Waals surface area contributed by atoms with Crippen molar-refractivity contribution in [1.29, 1.82) is 0 Å². The van der Waals surface area contributed by atoms with Crippen LogP contribution in [0.25, 0.3) is 0 Å². The summed E-state index contributed by atoms with van der Waals surface area (Å²) in [5.41, 5.74) is 2.12. The van der Waals surface area contributed by atoms with Crippen molar-refractivity contribution >= 4 is 23.4 Å². The first-order chi connectivity index (χ1) is 13.1. The predicted molar refractivity (Wildman–Crippen MR) is 112 cm³/mol. The molecule has 2 rings (SSSR count). The molecule has 0 aromatic heterocycles. The zero-order chi connectivity index (χ0) is 19.6. The molecule has 0 atom stereocenters. The zero-order valence-electron chi connectivity index (χ0n) is 16.5. The van der Waals surface area contributed by atoms with E-state index in [0.29, 0.717) is 13.0 Å². The Morgan fingerprint density at radius 2 is 1.81 bits per heavy atom. The van der Waals surface area contributed by atoms with Gasteiger partial charge in [-0.05, 0) is 49.1 Å². The second-order valence-electron chi connectivity index (χ2n) is 6.06. The Morgan fingerprint density at radius 1 is 1.07 bits per heavy atom. The topological polar surface area (TPSA) is 50.8 Å². The summed E-state index contributed by atoms with van der Waals surface area (Å²) in [4.78, 5) is 15.3. The minimum absolute atomic E-state index is 0.107. The molecule has 0 fully saturated rings. The molecule has 0 heterocycles. The molecule has 2 aromatic rings. The quantitative estimate of drug-likeness (QED) is 0.498. The van der Waals surface area contributed by atoms with Gasteiger partial charge in [-0.15, -0.1) is 11.8 Å². The number of para-hydroxylation sites is 1. The average molecular weight is 389 g/mol. The lowest BCUT2D eigenvalue weighted by molar-refractivity contribution is -0.118. The standard InChI is InChI=1S/C21H28N2O3S/c1-23(17-7-5-6-8-20(17)27-4)21(24)12-14-22-13-11-16-9-10-18(25-2)19(15-16)26-3/h5-10,15,22H,11-14H2,1-4H3. The number of benzene rings is 2. The Bertz CT molecular complexity index is 752. The first-order valence-corrected chi connectivity index (χ1v) is 10.1. The third kappa shape index (κ3) is 5.91. The molecule has 2 aromatic carbocycles. The van der Waals surface area contributed by atoms with Gasteiger partial charge in [0.2, 0.25) is 5.91 Å². The van der Waals surface area contributed by atoms with Crippen molar-refractivity contribution < 1.29 is 14.3 Å². The van der Waals surface area contributed by atoms with Gasteiger partial charge in [0.25, 0.3) is 0 Å². The Kier molecular flexibility index (Phi) is 8.48. The van der Waals surface area contributed by atoms with E-state index in [1.54, 1.807) is 30.9 Å². The number of hydrogen-bond acceptors (Lipinski definition) is 5. The van der Waals surface area contributed by atoms with E-state index in [0.717, 1.165) is 40.6 Å². The van der Waals surface area contributed by atoms with E-state index < -0.39 is 0 Å². The number of rotatable bonds is 10. The highest BCUT2D eigenvalue weighted by Crippen LogP contribution is 2.28. The van der Waals surface area contributed by atoms with E-state index in [1.807, 2.05) is 55.8 Å². The molecule has 27 heavy (non-hydrogen) atoms. The molecule has 0 spiro atoms. The van der Waals surface area contributed by atoms with Gasteiger partial charge in [-0.2, -0.15) is 0 Å². The van der Waals surface area contributed by atoms with Crippen LogP contribution in [-0.2, 0) is 11.2 Å². The second kappa shape index (κ2) is 10.8. The smallest absolute Gasteiger partial charge is 0.228 e. The number of ether oxygens (including phenoxy) is 2. The largest absolute Gasteiger partial charge is 0.493 e. The van der Waals surface area contributed by atoms with Crippen molar-refractivity contribution in [3.05, 3.63) is 48.0 Å². The molecule has 0 saturated carbocycles. The molecule has 6 heteroatoms. The Morgan fingerprint density at radius 3 is 2.52 bits per heavy atom. The number of nitrogens with one attached hydrogen (secondary N) is 1. The summed E-state index contributed by atoms with van der Waals surface area (Å²) in [5, 5.41) is 3.34. The molecule has 0 aliphatic rings. The normalized spacial score (nSPS) is 10.5. The molecular formula is C21H28N2O3S. The predicted octanol–water partition coefficient (Wildman–Crippen LogP) is 3.61. The maximum absolute atomic E-state index is 12.4. The average Bonchev–Trinajstić information content (AvgIpc) is 2.72. The van der Waals surface area contributed by atoms with Gasteiger partial charge in [-0.3, -0.25) is 4.79 Å². The van der Waals surface area contributed by atoms with E-state index in [4.69, 9.17) is 9.47 Å². The van der Waals surface area contributed by atoms with Crippen LogP contribution in [0.2, 0.25) is 0 Å². The van der Waals surface area contributed by atoms with Gasteiger partial charge in [-0.25, -0.2) is 0 Å². The number of hydrogen-bond donors (Lipinski definition) is 1. The molecule has 0 aliphatic heterocycles. The minimum Gasteiger partial charge on any atom is -0.493 e. The lowest BCUT2D eigenvalue weighted by Gasteiger charge is -2.20. The van der Waals surface area contributed by atoms with E-state index in [9.17, 15) is 4.79 Å². The van der Waals surface area contributed by atoms with Crippen LogP contribution >= 0.6 is 11.8 Å². The summed E-state index contributed by atoms with van der Waals surface area (Å²) in [5.74, 6) is 1.57. The molecule has 146 valence electrons.